The van der Waals surface area contributed by atoms with Gasteiger partial charge in [-0.25, -0.2) is 4.68 Å². The summed E-state index contributed by atoms with van der Waals surface area (Å²) in [5, 5.41) is 7.05. The van der Waals surface area contributed by atoms with Gasteiger partial charge in [0.15, 0.2) is 0 Å². The zero-order valence-electron chi connectivity index (χ0n) is 10.7. The molecule has 0 saturated carbocycles. The first-order valence-corrected chi connectivity index (χ1v) is 6.29. The lowest BCUT2D eigenvalue weighted by Gasteiger charge is -2.22. The molecule has 0 radical (unpaired) electrons. The maximum absolute atomic E-state index is 11.7. The Balaban J connectivity index is 1.76. The topological polar surface area (TPSA) is 82.2 Å². The fourth-order valence-electron chi connectivity index (χ4n) is 2.11. The van der Waals surface area contributed by atoms with E-state index in [4.69, 9.17) is 10.5 Å². The van der Waals surface area contributed by atoms with Crippen molar-refractivity contribution in [1.82, 2.24) is 15.1 Å². The van der Waals surface area contributed by atoms with Crippen LogP contribution in [0.1, 0.15) is 18.5 Å². The molecule has 2 rings (SSSR count). The first kappa shape index (κ1) is 12.9. The molecule has 3 N–H and O–H groups in total. The minimum absolute atomic E-state index is 0.0598. The number of amides is 1. The van der Waals surface area contributed by atoms with Crippen molar-refractivity contribution in [1.29, 1.82) is 0 Å². The number of anilines is 1. The van der Waals surface area contributed by atoms with Gasteiger partial charge in [0, 0.05) is 19.2 Å². The second-order valence-corrected chi connectivity index (χ2v) is 4.76. The number of nitrogens with two attached hydrogens (primary N) is 1. The standard InChI is InChI=1S/C12H20N4O2/c1-9-5-11(13)16(15-9)7-12(17)14-6-10-3-2-4-18-8-10/h5,10H,2-4,6-8,13H2,1H3,(H,14,17). The zero-order valence-corrected chi connectivity index (χ0v) is 10.7. The smallest absolute Gasteiger partial charge is 0.241 e. The summed E-state index contributed by atoms with van der Waals surface area (Å²) in [7, 11) is 0. The number of rotatable bonds is 4. The van der Waals surface area contributed by atoms with Crippen molar-refractivity contribution in [2.75, 3.05) is 25.5 Å². The predicted octanol–water partition coefficient (Wildman–Crippen LogP) is 0.317. The number of aryl methyl sites for hydroxylation is 1. The van der Waals surface area contributed by atoms with E-state index in [9.17, 15) is 4.79 Å². The van der Waals surface area contributed by atoms with Crippen molar-refractivity contribution in [2.45, 2.75) is 26.3 Å². The van der Waals surface area contributed by atoms with Gasteiger partial charge in [0.2, 0.25) is 5.91 Å². The van der Waals surface area contributed by atoms with Crippen LogP contribution in [-0.2, 0) is 16.1 Å². The number of carbonyl (C=O) groups is 1. The lowest BCUT2D eigenvalue weighted by atomic mass is 10.0. The van der Waals surface area contributed by atoms with Crippen LogP contribution in [0, 0.1) is 12.8 Å². The second kappa shape index (κ2) is 5.86. The third-order valence-electron chi connectivity index (χ3n) is 3.07. The Morgan fingerprint density at radius 1 is 1.72 bits per heavy atom. The number of carbonyl (C=O) groups excluding carboxylic acids is 1. The van der Waals surface area contributed by atoms with Crippen molar-refractivity contribution in [2.24, 2.45) is 5.92 Å². The van der Waals surface area contributed by atoms with E-state index in [0.717, 1.165) is 31.7 Å². The first-order chi connectivity index (χ1) is 8.65. The minimum atomic E-state index is -0.0598. The molecule has 1 amide bonds. The monoisotopic (exact) mass is 252 g/mol. The summed E-state index contributed by atoms with van der Waals surface area (Å²) in [5.41, 5.74) is 6.55. The average molecular weight is 252 g/mol. The van der Waals surface area contributed by atoms with Crippen LogP contribution in [0.5, 0.6) is 0 Å². The van der Waals surface area contributed by atoms with Crippen molar-refractivity contribution in [3.05, 3.63) is 11.8 Å². The van der Waals surface area contributed by atoms with E-state index in [0.29, 0.717) is 18.3 Å². The largest absolute Gasteiger partial charge is 0.384 e. The van der Waals surface area contributed by atoms with E-state index >= 15 is 0 Å². The van der Waals surface area contributed by atoms with Gasteiger partial charge in [-0.15, -0.1) is 0 Å². The lowest BCUT2D eigenvalue weighted by Crippen LogP contribution is -2.35. The fourth-order valence-corrected chi connectivity index (χ4v) is 2.11. The van der Waals surface area contributed by atoms with E-state index < -0.39 is 0 Å². The normalized spacial score (nSPS) is 19.7. The van der Waals surface area contributed by atoms with Crippen LogP contribution in [0.25, 0.3) is 0 Å². The van der Waals surface area contributed by atoms with E-state index in [1.807, 2.05) is 6.92 Å². The molecule has 1 saturated heterocycles. The van der Waals surface area contributed by atoms with Crippen LogP contribution in [0.15, 0.2) is 6.07 Å². The van der Waals surface area contributed by atoms with Gasteiger partial charge in [0.25, 0.3) is 0 Å². The van der Waals surface area contributed by atoms with Crippen LogP contribution in [0.2, 0.25) is 0 Å². The van der Waals surface area contributed by atoms with Gasteiger partial charge in [0.1, 0.15) is 12.4 Å². The maximum atomic E-state index is 11.7. The number of nitrogens with zero attached hydrogens (tertiary/aromatic N) is 2. The number of nitrogen functional groups attached to an aromatic ring is 1. The molecule has 1 aliphatic heterocycles. The minimum Gasteiger partial charge on any atom is -0.384 e. The third-order valence-corrected chi connectivity index (χ3v) is 3.07. The number of nitrogens with one attached hydrogen (secondary N) is 1. The number of hydrogen-bond donors (Lipinski definition) is 2. The number of ether oxygens (including phenoxy) is 1. The van der Waals surface area contributed by atoms with E-state index in [1.54, 1.807) is 6.07 Å². The Bertz CT molecular complexity index is 410. The lowest BCUT2D eigenvalue weighted by molar-refractivity contribution is -0.122. The van der Waals surface area contributed by atoms with Crippen molar-refractivity contribution >= 4 is 11.7 Å². The Morgan fingerprint density at radius 3 is 3.17 bits per heavy atom. The fraction of sp³-hybridized carbons (Fsp3) is 0.667. The molecule has 1 aliphatic rings. The molecule has 0 spiro atoms. The van der Waals surface area contributed by atoms with Crippen LogP contribution in [0.3, 0.4) is 0 Å². The van der Waals surface area contributed by atoms with Crippen molar-refractivity contribution in [3.63, 3.8) is 0 Å². The summed E-state index contributed by atoms with van der Waals surface area (Å²) in [6.07, 6.45) is 2.19. The first-order valence-electron chi connectivity index (χ1n) is 6.29. The van der Waals surface area contributed by atoms with Crippen LogP contribution in [0.4, 0.5) is 5.82 Å². The predicted molar refractivity (Wildman–Crippen MR) is 67.9 cm³/mol. The summed E-state index contributed by atoms with van der Waals surface area (Å²) in [4.78, 5) is 11.7. The van der Waals surface area contributed by atoms with Crippen molar-refractivity contribution in [3.8, 4) is 0 Å². The van der Waals surface area contributed by atoms with Crippen LogP contribution < -0.4 is 11.1 Å². The van der Waals surface area contributed by atoms with Gasteiger partial charge < -0.3 is 15.8 Å². The molecule has 6 nitrogen and oxygen atoms in total. The molecule has 1 fully saturated rings. The summed E-state index contributed by atoms with van der Waals surface area (Å²) in [6.45, 7) is 4.27. The highest BCUT2D eigenvalue weighted by atomic mass is 16.5. The van der Waals surface area contributed by atoms with E-state index in [-0.39, 0.29) is 12.5 Å². The molecule has 1 atom stereocenters. The molecule has 0 aromatic carbocycles. The third kappa shape index (κ3) is 3.46. The highest BCUT2D eigenvalue weighted by Crippen LogP contribution is 2.12. The summed E-state index contributed by atoms with van der Waals surface area (Å²) >= 11 is 0. The highest BCUT2D eigenvalue weighted by molar-refractivity contribution is 5.76. The van der Waals surface area contributed by atoms with Gasteiger partial charge in [-0.1, -0.05) is 0 Å². The zero-order chi connectivity index (χ0) is 13.0. The molecule has 1 aromatic rings. The highest BCUT2D eigenvalue weighted by Gasteiger charge is 2.15. The quantitative estimate of drug-likeness (QED) is 0.808. The Hall–Kier alpha value is -1.56. The van der Waals surface area contributed by atoms with Crippen LogP contribution in [-0.4, -0.2) is 35.4 Å². The summed E-state index contributed by atoms with van der Waals surface area (Å²) in [5.74, 6) is 0.887. The summed E-state index contributed by atoms with van der Waals surface area (Å²) < 4.78 is 6.88. The second-order valence-electron chi connectivity index (χ2n) is 4.76. The average Bonchev–Trinajstić information content (AvgIpc) is 2.67. The Kier molecular flexibility index (Phi) is 4.19. The molecular weight excluding hydrogens is 232 g/mol. The van der Waals surface area contributed by atoms with Gasteiger partial charge in [-0.2, -0.15) is 5.10 Å². The van der Waals surface area contributed by atoms with Gasteiger partial charge in [-0.05, 0) is 25.7 Å². The molecule has 1 aromatic heterocycles. The molecule has 1 unspecified atom stereocenters. The molecule has 0 bridgehead atoms. The Morgan fingerprint density at radius 2 is 2.56 bits per heavy atom. The molecule has 2 heterocycles. The number of hydrogen-bond acceptors (Lipinski definition) is 4. The van der Waals surface area contributed by atoms with Gasteiger partial charge >= 0.3 is 0 Å². The Labute approximate surface area is 106 Å². The van der Waals surface area contributed by atoms with Gasteiger partial charge in [-0.3, -0.25) is 4.79 Å². The SMILES string of the molecule is Cc1cc(N)n(CC(=O)NCC2CCCOC2)n1. The maximum Gasteiger partial charge on any atom is 0.241 e. The van der Waals surface area contributed by atoms with Gasteiger partial charge in [0.05, 0.1) is 12.3 Å². The molecule has 0 aliphatic carbocycles. The molecule has 6 heteroatoms. The molecule has 18 heavy (non-hydrogen) atoms. The molecular formula is C12H20N4O2. The van der Waals surface area contributed by atoms with Crippen molar-refractivity contribution < 1.29 is 9.53 Å². The number of aromatic nitrogens is 2. The van der Waals surface area contributed by atoms with E-state index in [2.05, 4.69) is 10.4 Å². The summed E-state index contributed by atoms with van der Waals surface area (Å²) in [6, 6.07) is 1.75. The van der Waals surface area contributed by atoms with Crippen LogP contribution >= 0.6 is 0 Å². The van der Waals surface area contributed by atoms with E-state index in [1.165, 1.54) is 4.68 Å². The molecule has 100 valence electrons.